The third kappa shape index (κ3) is 6.78. The molecule has 0 saturated carbocycles. The maximum absolute atomic E-state index is 14.3. The van der Waals surface area contributed by atoms with Crippen molar-refractivity contribution >= 4 is 17.7 Å². The molecule has 3 aliphatic heterocycles. The molecule has 0 aromatic heterocycles. The summed E-state index contributed by atoms with van der Waals surface area (Å²) >= 11 is 0. The average Bonchev–Trinajstić information content (AvgIpc) is 3.59. The number of aromatic hydroxyl groups is 1. The van der Waals surface area contributed by atoms with Crippen LogP contribution in [-0.4, -0.2) is 92.6 Å². The number of phenolic OH excluding ortho intramolecular Hbond substituents is 1. The number of nitrogens with zero attached hydrogens (tertiary/aromatic N) is 5. The van der Waals surface area contributed by atoms with Gasteiger partial charge in [-0.2, -0.15) is 5.12 Å². The summed E-state index contributed by atoms with van der Waals surface area (Å²) in [5.41, 5.74) is 6.95. The number of nitrogens with one attached hydrogen (secondary N) is 1. The van der Waals surface area contributed by atoms with Gasteiger partial charge in [-0.05, 0) is 53.8 Å². The fourth-order valence-electron chi connectivity index (χ4n) is 6.53. The highest BCUT2D eigenvalue weighted by Crippen LogP contribution is 2.29. The molecule has 3 heterocycles. The van der Waals surface area contributed by atoms with Crippen molar-refractivity contribution in [2.24, 2.45) is 0 Å². The van der Waals surface area contributed by atoms with Gasteiger partial charge in [-0.15, -0.1) is 6.58 Å². The summed E-state index contributed by atoms with van der Waals surface area (Å²) in [5, 5.41) is 13.8. The third-order valence-electron chi connectivity index (χ3n) is 8.76. The predicted molar refractivity (Wildman–Crippen MR) is 170 cm³/mol. The van der Waals surface area contributed by atoms with Crippen molar-refractivity contribution in [3.05, 3.63) is 114 Å². The fourth-order valence-corrected chi connectivity index (χ4v) is 6.53. The van der Waals surface area contributed by atoms with Gasteiger partial charge in [0.1, 0.15) is 18.0 Å². The number of rotatable bonds is 10. The molecule has 0 unspecified atom stereocenters. The van der Waals surface area contributed by atoms with Gasteiger partial charge in [-0.1, -0.05) is 60.7 Å². The van der Waals surface area contributed by atoms with Crippen LogP contribution < -0.4 is 5.43 Å². The Labute approximate surface area is 264 Å². The zero-order valence-electron chi connectivity index (χ0n) is 25.4. The van der Waals surface area contributed by atoms with Crippen LogP contribution in [0.5, 0.6) is 5.75 Å². The molecule has 3 aliphatic rings. The van der Waals surface area contributed by atoms with Gasteiger partial charge in [-0.25, -0.2) is 10.4 Å². The van der Waals surface area contributed by atoms with E-state index >= 15 is 0 Å². The lowest BCUT2D eigenvalue weighted by atomic mass is 9.98. The molecular weight excluding hydrogens is 568 g/mol. The Bertz CT molecular complexity index is 1520. The standard InChI is InChI=1S/C35H40N6O4/c1-2-17-39-25-33(43)40-31(21-26-13-15-30(42)16-14-26)35(45)38(24-32(40)41(39)36-22-27-9-4-3-5-10-27)23-28-11-8-12-29(20-28)34(44)37-18-6-7-19-37/h2-5,8-16,20,31-32,36,42H,1,6-7,17-19,21-25H2/t31-,32-/m0/s1. The van der Waals surface area contributed by atoms with Crippen LogP contribution >= 0.6 is 0 Å². The molecule has 0 spiro atoms. The van der Waals surface area contributed by atoms with Gasteiger partial charge in [0, 0.05) is 44.7 Å². The number of carbonyl (C=O) groups is 3. The van der Waals surface area contributed by atoms with Crippen LogP contribution in [0.4, 0.5) is 0 Å². The summed E-state index contributed by atoms with van der Waals surface area (Å²) in [6.45, 7) is 7.11. The molecule has 45 heavy (non-hydrogen) atoms. The Hall–Kier alpha value is -4.51. The lowest BCUT2D eigenvalue weighted by Crippen LogP contribution is -2.77. The number of hydrogen-bond acceptors (Lipinski definition) is 7. The van der Waals surface area contributed by atoms with Crippen LogP contribution in [-0.2, 0) is 29.1 Å². The number of amides is 3. The van der Waals surface area contributed by atoms with E-state index in [4.69, 9.17) is 0 Å². The minimum absolute atomic E-state index is 0.0185. The molecule has 10 nitrogen and oxygen atoms in total. The van der Waals surface area contributed by atoms with Gasteiger partial charge in [0.2, 0.25) is 11.8 Å². The van der Waals surface area contributed by atoms with E-state index in [1.54, 1.807) is 40.1 Å². The van der Waals surface area contributed by atoms with Crippen molar-refractivity contribution < 1.29 is 19.5 Å². The molecule has 3 aromatic rings. The number of hydrogen-bond donors (Lipinski definition) is 2. The molecule has 0 bridgehead atoms. The van der Waals surface area contributed by atoms with Gasteiger partial charge in [0.25, 0.3) is 5.91 Å². The van der Waals surface area contributed by atoms with Crippen molar-refractivity contribution in [2.45, 2.75) is 44.6 Å². The molecule has 6 rings (SSSR count). The van der Waals surface area contributed by atoms with Gasteiger partial charge in [-0.3, -0.25) is 14.4 Å². The second kappa shape index (κ2) is 13.6. The smallest absolute Gasteiger partial charge is 0.253 e. The Balaban J connectivity index is 1.31. The number of hydrazine groups is 2. The van der Waals surface area contributed by atoms with E-state index in [2.05, 4.69) is 12.0 Å². The van der Waals surface area contributed by atoms with Crippen molar-refractivity contribution in [3.8, 4) is 5.75 Å². The average molecular weight is 609 g/mol. The summed E-state index contributed by atoms with van der Waals surface area (Å²) in [4.78, 5) is 46.6. The first kappa shape index (κ1) is 30.5. The molecule has 0 aliphatic carbocycles. The van der Waals surface area contributed by atoms with E-state index in [0.717, 1.165) is 42.6 Å². The topological polar surface area (TPSA) is 99.7 Å². The highest BCUT2D eigenvalue weighted by Gasteiger charge is 2.49. The zero-order chi connectivity index (χ0) is 31.3. The molecule has 2 N–H and O–H groups in total. The van der Waals surface area contributed by atoms with E-state index in [1.807, 2.05) is 69.6 Å². The maximum atomic E-state index is 14.3. The second-order valence-electron chi connectivity index (χ2n) is 11.9. The summed E-state index contributed by atoms with van der Waals surface area (Å²) < 4.78 is 0. The van der Waals surface area contributed by atoms with E-state index in [1.165, 1.54) is 0 Å². The van der Waals surface area contributed by atoms with Crippen molar-refractivity contribution in [2.75, 3.05) is 32.7 Å². The number of phenols is 1. The van der Waals surface area contributed by atoms with Gasteiger partial charge in [0.05, 0.1) is 13.1 Å². The van der Waals surface area contributed by atoms with E-state index in [-0.39, 0.29) is 36.6 Å². The Morgan fingerprint density at radius 3 is 2.40 bits per heavy atom. The molecule has 3 aromatic carbocycles. The van der Waals surface area contributed by atoms with Crippen LogP contribution in [0.15, 0.2) is 91.5 Å². The Morgan fingerprint density at radius 2 is 1.67 bits per heavy atom. The van der Waals surface area contributed by atoms with Gasteiger partial charge >= 0.3 is 0 Å². The molecule has 10 heteroatoms. The van der Waals surface area contributed by atoms with Crippen molar-refractivity contribution in [1.29, 1.82) is 0 Å². The van der Waals surface area contributed by atoms with Crippen LogP contribution in [0.1, 0.15) is 39.9 Å². The number of likely N-dealkylation sites (tertiary alicyclic amines) is 1. The fraction of sp³-hybridized carbons (Fsp3) is 0.343. The van der Waals surface area contributed by atoms with Gasteiger partial charge < -0.3 is 19.8 Å². The van der Waals surface area contributed by atoms with Crippen LogP contribution in [0.3, 0.4) is 0 Å². The van der Waals surface area contributed by atoms with E-state index < -0.39 is 12.2 Å². The minimum Gasteiger partial charge on any atom is -0.508 e. The Morgan fingerprint density at radius 1 is 0.933 bits per heavy atom. The molecular formula is C35H40N6O4. The molecule has 3 fully saturated rings. The number of benzene rings is 3. The van der Waals surface area contributed by atoms with Crippen molar-refractivity contribution in [1.82, 2.24) is 30.3 Å². The summed E-state index contributed by atoms with van der Waals surface area (Å²) in [7, 11) is 0. The maximum Gasteiger partial charge on any atom is 0.253 e. The lowest BCUT2D eigenvalue weighted by molar-refractivity contribution is -0.217. The number of piperazine rings is 1. The first-order chi connectivity index (χ1) is 21.9. The predicted octanol–water partition coefficient (Wildman–Crippen LogP) is 3.16. The number of carbonyl (C=O) groups excluding carboxylic acids is 3. The monoisotopic (exact) mass is 608 g/mol. The van der Waals surface area contributed by atoms with Crippen LogP contribution in [0, 0.1) is 0 Å². The quantitative estimate of drug-likeness (QED) is 0.341. The second-order valence-corrected chi connectivity index (χ2v) is 11.9. The summed E-state index contributed by atoms with van der Waals surface area (Å²) in [6.07, 6.45) is 3.63. The van der Waals surface area contributed by atoms with Crippen LogP contribution in [0.25, 0.3) is 0 Å². The highest BCUT2D eigenvalue weighted by atomic mass is 16.3. The van der Waals surface area contributed by atoms with E-state index in [9.17, 15) is 19.5 Å². The zero-order valence-corrected chi connectivity index (χ0v) is 25.4. The highest BCUT2D eigenvalue weighted by molar-refractivity contribution is 5.94. The number of fused-ring (bicyclic) bond motifs is 1. The molecule has 3 saturated heterocycles. The largest absolute Gasteiger partial charge is 0.508 e. The summed E-state index contributed by atoms with van der Waals surface area (Å²) in [5.74, 6) is -0.120. The normalized spacial score (nSPS) is 20.8. The molecule has 234 valence electrons. The van der Waals surface area contributed by atoms with E-state index in [0.29, 0.717) is 31.6 Å². The minimum atomic E-state index is -0.748. The lowest BCUT2D eigenvalue weighted by Gasteiger charge is -2.55. The van der Waals surface area contributed by atoms with Crippen molar-refractivity contribution in [3.63, 3.8) is 0 Å². The first-order valence-corrected chi connectivity index (χ1v) is 15.6. The molecule has 3 amide bonds. The van der Waals surface area contributed by atoms with Gasteiger partial charge in [0.15, 0.2) is 0 Å². The van der Waals surface area contributed by atoms with Crippen LogP contribution in [0.2, 0.25) is 0 Å². The SMILES string of the molecule is C=CCN1CC(=O)N2[C@@H](Cc3ccc(O)cc3)C(=O)N(Cc3cccc(C(=O)N4CCCC4)c3)C[C@@H]2N1NCc1ccccc1. The summed E-state index contributed by atoms with van der Waals surface area (Å²) in [6, 6.07) is 23.6. The third-order valence-corrected chi connectivity index (χ3v) is 8.76. The Kier molecular flexibility index (Phi) is 9.25. The molecule has 2 atom stereocenters. The first-order valence-electron chi connectivity index (χ1n) is 15.6. The molecule has 0 radical (unpaired) electrons.